The van der Waals surface area contributed by atoms with Crippen molar-refractivity contribution >= 4 is 17.7 Å². The molecule has 0 radical (unpaired) electrons. The lowest BCUT2D eigenvalue weighted by molar-refractivity contribution is 0.0893. The molecule has 2 saturated heterocycles. The summed E-state index contributed by atoms with van der Waals surface area (Å²) in [5, 5.41) is 0.747. The van der Waals surface area contributed by atoms with Crippen LogP contribution in [0.3, 0.4) is 0 Å². The van der Waals surface area contributed by atoms with E-state index in [1.54, 1.807) is 17.0 Å². The Labute approximate surface area is 187 Å². The van der Waals surface area contributed by atoms with E-state index in [1.807, 2.05) is 18.2 Å². The highest BCUT2D eigenvalue weighted by atomic mass is 35.5. The Bertz CT molecular complexity index is 946. The van der Waals surface area contributed by atoms with E-state index in [4.69, 9.17) is 16.3 Å². The van der Waals surface area contributed by atoms with Gasteiger partial charge in [-0.1, -0.05) is 29.8 Å². The first-order valence-electron chi connectivity index (χ1n) is 11.0. The molecule has 2 aromatic rings. The summed E-state index contributed by atoms with van der Waals surface area (Å²) in [4.78, 5) is 18.4. The molecule has 0 bridgehead atoms. The first kappa shape index (κ1) is 20.7. The SMILES string of the molecule is O=C1OCCN1CCN1CCN([C@H]2C[C@H](c3ccc(F)cc3)c3cc(Cl)ccc32)CC1. The normalized spacial score (nSPS) is 24.5. The minimum absolute atomic E-state index is 0.188. The van der Waals surface area contributed by atoms with Crippen molar-refractivity contribution in [2.24, 2.45) is 0 Å². The zero-order valence-corrected chi connectivity index (χ0v) is 18.2. The van der Waals surface area contributed by atoms with Crippen LogP contribution < -0.4 is 0 Å². The smallest absolute Gasteiger partial charge is 0.409 e. The fraction of sp³-hybridized carbons (Fsp3) is 0.458. The first-order valence-corrected chi connectivity index (χ1v) is 11.4. The van der Waals surface area contributed by atoms with E-state index in [-0.39, 0.29) is 17.8 Å². The summed E-state index contributed by atoms with van der Waals surface area (Å²) in [5.41, 5.74) is 3.75. The lowest BCUT2D eigenvalue weighted by atomic mass is 9.93. The molecule has 31 heavy (non-hydrogen) atoms. The van der Waals surface area contributed by atoms with Crippen LogP contribution in [0.5, 0.6) is 0 Å². The summed E-state index contributed by atoms with van der Waals surface area (Å²) in [6.07, 6.45) is 0.799. The second kappa shape index (κ2) is 8.77. The monoisotopic (exact) mass is 443 g/mol. The highest BCUT2D eigenvalue weighted by molar-refractivity contribution is 6.30. The third kappa shape index (κ3) is 4.29. The van der Waals surface area contributed by atoms with Crippen molar-refractivity contribution < 1.29 is 13.9 Å². The highest BCUT2D eigenvalue weighted by Crippen LogP contribution is 2.47. The predicted molar refractivity (Wildman–Crippen MR) is 118 cm³/mol. The quantitative estimate of drug-likeness (QED) is 0.696. The van der Waals surface area contributed by atoms with Gasteiger partial charge in [-0.2, -0.15) is 0 Å². The second-order valence-corrected chi connectivity index (χ2v) is 9.04. The largest absolute Gasteiger partial charge is 0.448 e. The molecule has 0 saturated carbocycles. The number of piperazine rings is 1. The number of halogens is 2. The zero-order valence-electron chi connectivity index (χ0n) is 17.5. The van der Waals surface area contributed by atoms with Gasteiger partial charge in [-0.3, -0.25) is 9.80 Å². The maximum Gasteiger partial charge on any atom is 0.409 e. The Kier molecular flexibility index (Phi) is 5.87. The molecule has 5 nitrogen and oxygen atoms in total. The van der Waals surface area contributed by atoms with E-state index in [9.17, 15) is 9.18 Å². The molecule has 1 amide bonds. The van der Waals surface area contributed by atoms with Crippen LogP contribution in [0, 0.1) is 5.82 Å². The molecule has 2 heterocycles. The number of fused-ring (bicyclic) bond motifs is 1. The van der Waals surface area contributed by atoms with Crippen LogP contribution in [0.4, 0.5) is 9.18 Å². The third-order valence-corrected chi connectivity index (χ3v) is 7.13. The molecule has 2 aromatic carbocycles. The van der Waals surface area contributed by atoms with Crippen molar-refractivity contribution in [3.8, 4) is 0 Å². The van der Waals surface area contributed by atoms with Gasteiger partial charge in [0.05, 0.1) is 6.54 Å². The lowest BCUT2D eigenvalue weighted by Gasteiger charge is -2.38. The Morgan fingerprint density at radius 1 is 0.968 bits per heavy atom. The molecule has 164 valence electrons. The van der Waals surface area contributed by atoms with Crippen LogP contribution in [0.15, 0.2) is 42.5 Å². The van der Waals surface area contributed by atoms with Crippen LogP contribution in [-0.4, -0.2) is 73.2 Å². The van der Waals surface area contributed by atoms with Crippen molar-refractivity contribution in [3.63, 3.8) is 0 Å². The number of nitrogens with zero attached hydrogens (tertiary/aromatic N) is 3. The van der Waals surface area contributed by atoms with Gasteiger partial charge in [0.15, 0.2) is 0 Å². The average molecular weight is 444 g/mol. The number of cyclic esters (lactones) is 1. The van der Waals surface area contributed by atoms with Gasteiger partial charge in [-0.05, 0) is 47.4 Å². The summed E-state index contributed by atoms with van der Waals surface area (Å²) < 4.78 is 18.5. The van der Waals surface area contributed by atoms with Crippen LogP contribution in [0.1, 0.15) is 35.1 Å². The molecule has 0 unspecified atom stereocenters. The first-order chi connectivity index (χ1) is 15.1. The number of carbonyl (C=O) groups is 1. The number of hydrogen-bond acceptors (Lipinski definition) is 4. The van der Waals surface area contributed by atoms with E-state index in [2.05, 4.69) is 21.9 Å². The third-order valence-electron chi connectivity index (χ3n) is 6.89. The van der Waals surface area contributed by atoms with Gasteiger partial charge >= 0.3 is 6.09 Å². The van der Waals surface area contributed by atoms with Crippen molar-refractivity contribution in [3.05, 3.63) is 70.0 Å². The fourth-order valence-electron chi connectivity index (χ4n) is 5.17. The molecule has 0 N–H and O–H groups in total. The van der Waals surface area contributed by atoms with Gasteiger partial charge in [0.25, 0.3) is 0 Å². The summed E-state index contributed by atoms with van der Waals surface area (Å²) in [7, 11) is 0. The molecule has 3 aliphatic rings. The maximum atomic E-state index is 13.5. The predicted octanol–water partition coefficient (Wildman–Crippen LogP) is 4.13. The van der Waals surface area contributed by atoms with Crippen molar-refractivity contribution in [2.45, 2.75) is 18.4 Å². The minimum Gasteiger partial charge on any atom is -0.448 e. The van der Waals surface area contributed by atoms with Gasteiger partial charge in [-0.25, -0.2) is 9.18 Å². The van der Waals surface area contributed by atoms with Crippen molar-refractivity contribution in [2.75, 3.05) is 52.4 Å². The average Bonchev–Trinajstić information content (AvgIpc) is 3.36. The number of amides is 1. The highest BCUT2D eigenvalue weighted by Gasteiger charge is 2.36. The Balaban J connectivity index is 1.25. The summed E-state index contributed by atoms with van der Waals surface area (Å²) in [6, 6.07) is 13.4. The lowest BCUT2D eigenvalue weighted by Crippen LogP contribution is -2.49. The van der Waals surface area contributed by atoms with Gasteiger partial charge in [-0.15, -0.1) is 0 Å². The molecule has 7 heteroatoms. The van der Waals surface area contributed by atoms with Gasteiger partial charge in [0.1, 0.15) is 12.4 Å². The van der Waals surface area contributed by atoms with Crippen molar-refractivity contribution in [1.82, 2.24) is 14.7 Å². The molecule has 2 fully saturated rings. The number of benzene rings is 2. The molecule has 2 aliphatic heterocycles. The van der Waals surface area contributed by atoms with Crippen LogP contribution in [-0.2, 0) is 4.74 Å². The van der Waals surface area contributed by atoms with E-state index < -0.39 is 0 Å². The molecule has 5 rings (SSSR count). The topological polar surface area (TPSA) is 36.0 Å². The molecular weight excluding hydrogens is 417 g/mol. The maximum absolute atomic E-state index is 13.5. The van der Waals surface area contributed by atoms with Gasteiger partial charge < -0.3 is 9.64 Å². The fourth-order valence-corrected chi connectivity index (χ4v) is 5.35. The molecular formula is C24H27ClFN3O2. The number of hydrogen-bond donors (Lipinski definition) is 0. The standard InChI is InChI=1S/C24H27ClFN3O2/c25-18-3-6-20-22(15-18)21(17-1-4-19(26)5-2-17)16-23(20)28-10-7-27(8-11-28)9-12-29-13-14-31-24(29)30/h1-6,15,21,23H,7-14,16H2/t21-,23+/m1/s1. The van der Waals surface area contributed by atoms with Gasteiger partial charge in [0.2, 0.25) is 0 Å². The van der Waals surface area contributed by atoms with Crippen LogP contribution in [0.25, 0.3) is 0 Å². The second-order valence-electron chi connectivity index (χ2n) is 8.61. The molecule has 0 aromatic heterocycles. The Hall–Kier alpha value is -2.15. The van der Waals surface area contributed by atoms with E-state index in [0.29, 0.717) is 19.2 Å². The van der Waals surface area contributed by atoms with E-state index in [0.717, 1.165) is 56.3 Å². The van der Waals surface area contributed by atoms with E-state index in [1.165, 1.54) is 11.1 Å². The molecule has 0 spiro atoms. The summed E-state index contributed by atoms with van der Waals surface area (Å²) in [5.74, 6) is 0.0291. The van der Waals surface area contributed by atoms with Crippen LogP contribution >= 0.6 is 11.6 Å². The van der Waals surface area contributed by atoms with Crippen LogP contribution in [0.2, 0.25) is 5.02 Å². The molecule has 2 atom stereocenters. The summed E-state index contributed by atoms with van der Waals surface area (Å²) >= 11 is 6.34. The number of ether oxygens (including phenoxy) is 1. The van der Waals surface area contributed by atoms with Crippen molar-refractivity contribution in [1.29, 1.82) is 0 Å². The number of rotatable bonds is 5. The number of carbonyl (C=O) groups excluding carboxylic acids is 1. The zero-order chi connectivity index (χ0) is 21.4. The summed E-state index contributed by atoms with van der Waals surface area (Å²) in [6.45, 7) is 6.79. The Morgan fingerprint density at radius 2 is 1.74 bits per heavy atom. The van der Waals surface area contributed by atoms with E-state index >= 15 is 0 Å². The Morgan fingerprint density at radius 3 is 2.45 bits per heavy atom. The molecule has 1 aliphatic carbocycles. The van der Waals surface area contributed by atoms with Gasteiger partial charge in [0, 0.05) is 56.3 Å². The minimum atomic E-state index is -0.206.